The Kier molecular flexibility index (Phi) is 4.33. The van der Waals surface area contributed by atoms with Gasteiger partial charge in [0.2, 0.25) is 0 Å². The normalized spacial score (nSPS) is 24.4. The number of piperazine rings is 1. The summed E-state index contributed by atoms with van der Waals surface area (Å²) in [5, 5.41) is 7.37. The first kappa shape index (κ1) is 18.2. The van der Waals surface area contributed by atoms with Gasteiger partial charge in [-0.25, -0.2) is 4.79 Å². The van der Waals surface area contributed by atoms with Crippen molar-refractivity contribution in [1.29, 1.82) is 0 Å². The van der Waals surface area contributed by atoms with E-state index in [1.165, 1.54) is 26.0 Å². The molecule has 2 unspecified atom stereocenters. The van der Waals surface area contributed by atoms with Crippen LogP contribution in [0.5, 0.6) is 0 Å². The molecular weight excluding hydrogens is 372 g/mol. The molecule has 2 atom stereocenters. The largest absolute Gasteiger partial charge is 0.348 e. The Balaban J connectivity index is 1.34. The summed E-state index contributed by atoms with van der Waals surface area (Å²) in [5.41, 5.74) is 0.825. The number of hydrogen-bond acceptors (Lipinski definition) is 5. The Hall–Kier alpha value is -2.84. The maximum Gasteiger partial charge on any atom is 0.329 e. The highest BCUT2D eigenvalue weighted by Crippen LogP contribution is 2.35. The van der Waals surface area contributed by atoms with Gasteiger partial charge in [0, 0.05) is 49.9 Å². The Morgan fingerprint density at radius 2 is 1.76 bits per heavy atom. The zero-order valence-corrected chi connectivity index (χ0v) is 16.6. The molecule has 2 aliphatic heterocycles. The number of aromatic amines is 2. The van der Waals surface area contributed by atoms with Crippen LogP contribution in [0.4, 0.5) is 5.82 Å². The molecule has 0 spiro atoms. The summed E-state index contributed by atoms with van der Waals surface area (Å²) in [6, 6.07) is 3.58. The van der Waals surface area contributed by atoms with Gasteiger partial charge >= 0.3 is 5.69 Å². The number of amides is 1. The summed E-state index contributed by atoms with van der Waals surface area (Å²) in [4.78, 5) is 43.9. The monoisotopic (exact) mass is 398 g/mol. The SMILES string of the molecule is Cn1c(=O)cc(N2C3CCC2CN(C(=O)c2cc(C4CCCC4)[nH]n2)C3)[nH]c1=O. The van der Waals surface area contributed by atoms with Crippen molar-refractivity contribution in [1.82, 2.24) is 24.6 Å². The van der Waals surface area contributed by atoms with Gasteiger partial charge in [-0.3, -0.25) is 24.2 Å². The first-order chi connectivity index (χ1) is 14.0. The van der Waals surface area contributed by atoms with Crippen LogP contribution < -0.4 is 16.1 Å². The lowest BCUT2D eigenvalue weighted by Gasteiger charge is -2.41. The third-order valence-electron chi connectivity index (χ3n) is 6.79. The first-order valence-corrected chi connectivity index (χ1v) is 10.4. The molecule has 1 aliphatic carbocycles. The van der Waals surface area contributed by atoms with Gasteiger partial charge in [0.1, 0.15) is 11.5 Å². The number of nitrogens with zero attached hydrogens (tertiary/aromatic N) is 4. The van der Waals surface area contributed by atoms with Crippen molar-refractivity contribution in [2.45, 2.75) is 56.5 Å². The van der Waals surface area contributed by atoms with Gasteiger partial charge in [-0.1, -0.05) is 12.8 Å². The lowest BCUT2D eigenvalue weighted by molar-refractivity contribution is 0.0711. The van der Waals surface area contributed by atoms with E-state index in [0.29, 0.717) is 30.5 Å². The number of carbonyl (C=O) groups excluding carboxylic acids is 1. The Labute approximate surface area is 167 Å². The van der Waals surface area contributed by atoms with Crippen LogP contribution in [0, 0.1) is 0 Å². The van der Waals surface area contributed by atoms with Crippen molar-refractivity contribution in [3.8, 4) is 0 Å². The number of fused-ring (bicyclic) bond motifs is 2. The molecule has 1 saturated carbocycles. The number of hydrogen-bond donors (Lipinski definition) is 2. The smallest absolute Gasteiger partial charge is 0.329 e. The Morgan fingerprint density at radius 3 is 2.41 bits per heavy atom. The fourth-order valence-corrected chi connectivity index (χ4v) is 5.20. The predicted molar refractivity (Wildman–Crippen MR) is 107 cm³/mol. The Morgan fingerprint density at radius 1 is 1.07 bits per heavy atom. The molecule has 9 nitrogen and oxygen atoms in total. The van der Waals surface area contributed by atoms with Crippen LogP contribution in [0.3, 0.4) is 0 Å². The molecule has 1 amide bonds. The molecule has 0 radical (unpaired) electrons. The molecule has 3 fully saturated rings. The predicted octanol–water partition coefficient (Wildman–Crippen LogP) is 0.948. The topological polar surface area (TPSA) is 107 Å². The number of H-pyrrole nitrogens is 2. The number of anilines is 1. The number of aromatic nitrogens is 4. The van der Waals surface area contributed by atoms with Crippen LogP contribution >= 0.6 is 0 Å². The van der Waals surface area contributed by atoms with Crippen molar-refractivity contribution < 1.29 is 4.79 Å². The average Bonchev–Trinajstić information content (AvgIpc) is 3.44. The van der Waals surface area contributed by atoms with Crippen LogP contribution in [-0.2, 0) is 7.05 Å². The van der Waals surface area contributed by atoms with E-state index in [1.54, 1.807) is 0 Å². The third-order valence-corrected chi connectivity index (χ3v) is 6.79. The van der Waals surface area contributed by atoms with E-state index < -0.39 is 5.69 Å². The molecule has 2 N–H and O–H groups in total. The molecule has 4 heterocycles. The molecule has 3 aliphatic rings. The summed E-state index contributed by atoms with van der Waals surface area (Å²) in [5.74, 6) is 1.01. The van der Waals surface area contributed by atoms with Crippen LogP contribution in [0.1, 0.15) is 60.6 Å². The minimum Gasteiger partial charge on any atom is -0.348 e. The van der Waals surface area contributed by atoms with Crippen molar-refractivity contribution >= 4 is 11.7 Å². The summed E-state index contributed by atoms with van der Waals surface area (Å²) in [6.07, 6.45) is 6.66. The van der Waals surface area contributed by atoms with Gasteiger partial charge in [0.15, 0.2) is 0 Å². The number of nitrogens with one attached hydrogen (secondary N) is 2. The van der Waals surface area contributed by atoms with E-state index in [9.17, 15) is 14.4 Å². The number of likely N-dealkylation sites (tertiary alicyclic amines) is 1. The molecule has 154 valence electrons. The van der Waals surface area contributed by atoms with Gasteiger partial charge < -0.3 is 9.80 Å². The second-order valence-electron chi connectivity index (χ2n) is 8.55. The zero-order chi connectivity index (χ0) is 20.1. The highest BCUT2D eigenvalue weighted by atomic mass is 16.2. The van der Waals surface area contributed by atoms with Crippen molar-refractivity contribution in [3.63, 3.8) is 0 Å². The molecule has 9 heteroatoms. The van der Waals surface area contributed by atoms with E-state index in [1.807, 2.05) is 11.0 Å². The molecular formula is C20H26N6O3. The van der Waals surface area contributed by atoms with Gasteiger partial charge in [0.05, 0.1) is 0 Å². The quantitative estimate of drug-likeness (QED) is 0.800. The van der Waals surface area contributed by atoms with Crippen LogP contribution in [0.25, 0.3) is 0 Å². The summed E-state index contributed by atoms with van der Waals surface area (Å²) < 4.78 is 1.06. The lowest BCUT2D eigenvalue weighted by Crippen LogP contribution is -2.56. The minimum atomic E-state index is -0.415. The zero-order valence-electron chi connectivity index (χ0n) is 16.6. The first-order valence-electron chi connectivity index (χ1n) is 10.4. The third kappa shape index (κ3) is 3.08. The Bertz CT molecular complexity index is 1000. The average molecular weight is 398 g/mol. The van der Waals surface area contributed by atoms with Gasteiger partial charge in [-0.05, 0) is 31.7 Å². The second kappa shape index (κ2) is 6.89. The summed E-state index contributed by atoms with van der Waals surface area (Å²) in [7, 11) is 1.46. The van der Waals surface area contributed by atoms with Crippen LogP contribution in [0.15, 0.2) is 21.7 Å². The maximum atomic E-state index is 13.1. The van der Waals surface area contributed by atoms with Crippen LogP contribution in [0.2, 0.25) is 0 Å². The highest BCUT2D eigenvalue weighted by Gasteiger charge is 2.42. The fourth-order valence-electron chi connectivity index (χ4n) is 5.20. The van der Waals surface area contributed by atoms with E-state index in [4.69, 9.17) is 0 Å². The van der Waals surface area contributed by atoms with Gasteiger partial charge in [-0.2, -0.15) is 5.10 Å². The van der Waals surface area contributed by atoms with Crippen LogP contribution in [-0.4, -0.2) is 55.7 Å². The highest BCUT2D eigenvalue weighted by molar-refractivity contribution is 5.92. The van der Waals surface area contributed by atoms with E-state index in [0.717, 1.165) is 35.9 Å². The second-order valence-corrected chi connectivity index (χ2v) is 8.55. The molecule has 2 saturated heterocycles. The van der Waals surface area contributed by atoms with Crippen molar-refractivity contribution in [2.75, 3.05) is 18.0 Å². The molecule has 2 aromatic rings. The minimum absolute atomic E-state index is 0.0421. The summed E-state index contributed by atoms with van der Waals surface area (Å²) >= 11 is 0. The van der Waals surface area contributed by atoms with Gasteiger partial charge in [-0.15, -0.1) is 0 Å². The molecule has 2 bridgehead atoms. The van der Waals surface area contributed by atoms with Crippen molar-refractivity contribution in [2.24, 2.45) is 7.05 Å². The lowest BCUT2D eigenvalue weighted by atomic mass is 10.0. The summed E-state index contributed by atoms with van der Waals surface area (Å²) in [6.45, 7) is 1.14. The fraction of sp³-hybridized carbons (Fsp3) is 0.600. The molecule has 5 rings (SSSR count). The van der Waals surface area contributed by atoms with Crippen molar-refractivity contribution in [3.05, 3.63) is 44.4 Å². The van der Waals surface area contributed by atoms with Gasteiger partial charge in [0.25, 0.3) is 11.5 Å². The number of carbonyl (C=O) groups is 1. The maximum absolute atomic E-state index is 13.1. The van der Waals surface area contributed by atoms with E-state index in [-0.39, 0.29) is 23.6 Å². The van der Waals surface area contributed by atoms with E-state index in [2.05, 4.69) is 20.1 Å². The van der Waals surface area contributed by atoms with E-state index >= 15 is 0 Å². The molecule has 0 aromatic carbocycles. The number of rotatable bonds is 3. The standard InChI is InChI=1S/C20H26N6O3/c1-24-18(27)9-17(21-20(24)29)26-13-6-7-14(26)11-25(10-13)19(28)16-8-15(22-23-16)12-4-2-3-5-12/h8-9,12-14H,2-7,10-11H2,1H3,(H,21,29)(H,22,23). The molecule has 29 heavy (non-hydrogen) atoms. The molecule has 2 aromatic heterocycles.